The minimum absolute atomic E-state index is 0.0895. The summed E-state index contributed by atoms with van der Waals surface area (Å²) in [7, 11) is -0.0895. The molecule has 2 heterocycles. The molecular formula is C8H6Si. The number of hydrogen-bond acceptors (Lipinski definition) is 0. The molecule has 9 heavy (non-hydrogen) atoms. The van der Waals surface area contributed by atoms with Gasteiger partial charge in [0.05, 0.1) is 8.41 Å². The normalized spacial score (nSPS) is 25.8. The Kier molecular flexibility index (Phi) is 0.507. The lowest BCUT2D eigenvalue weighted by Gasteiger charge is -2.10. The van der Waals surface area contributed by atoms with Gasteiger partial charge in [-0.15, -0.1) is 0 Å². The first-order valence-corrected chi connectivity index (χ1v) is 5.06. The highest BCUT2D eigenvalue weighted by Gasteiger charge is 2.26. The fourth-order valence-electron chi connectivity index (χ4n) is 1.61. The van der Waals surface area contributed by atoms with Gasteiger partial charge in [0, 0.05) is 0 Å². The molecule has 0 radical (unpaired) electrons. The zero-order chi connectivity index (χ0) is 5.84. The van der Waals surface area contributed by atoms with E-state index in [-0.39, 0.29) is 8.41 Å². The summed E-state index contributed by atoms with van der Waals surface area (Å²) < 4.78 is 0. The van der Waals surface area contributed by atoms with Crippen molar-refractivity contribution in [1.82, 2.24) is 0 Å². The fraction of sp³-hybridized carbons (Fsp3) is 0.125. The quantitative estimate of drug-likeness (QED) is 0.433. The molecule has 0 amide bonds. The molecule has 0 bridgehead atoms. The van der Waals surface area contributed by atoms with Crippen LogP contribution in [-0.2, 0) is 0 Å². The van der Waals surface area contributed by atoms with Crippen molar-refractivity contribution in [2.45, 2.75) is 6.04 Å². The molecule has 3 rings (SSSR count). The van der Waals surface area contributed by atoms with E-state index in [2.05, 4.69) is 23.9 Å². The molecule has 0 atom stereocenters. The first-order chi connectivity index (χ1) is 4.45. The van der Waals surface area contributed by atoms with Gasteiger partial charge < -0.3 is 0 Å². The summed E-state index contributed by atoms with van der Waals surface area (Å²) >= 11 is 0. The highest BCUT2D eigenvalue weighted by Crippen LogP contribution is 2.33. The van der Waals surface area contributed by atoms with Crippen LogP contribution in [0.3, 0.4) is 0 Å². The van der Waals surface area contributed by atoms with E-state index in [1.807, 2.05) is 0 Å². The largest absolute Gasteiger partial charge is 0.0768 e. The average molecular weight is 130 g/mol. The molecule has 0 N–H and O–H groups in total. The van der Waals surface area contributed by atoms with Crippen LogP contribution in [0.4, 0.5) is 0 Å². The predicted octanol–water partition coefficient (Wildman–Crippen LogP) is 1.22. The van der Waals surface area contributed by atoms with Crippen LogP contribution in [0, 0.1) is 0 Å². The summed E-state index contributed by atoms with van der Waals surface area (Å²) in [6.45, 7) is 0. The third kappa shape index (κ3) is 0.321. The second-order valence-corrected chi connectivity index (χ2v) is 5.00. The third-order valence-corrected chi connectivity index (χ3v) is 4.72. The molecule has 2 aliphatic heterocycles. The van der Waals surface area contributed by atoms with Crippen LogP contribution >= 0.6 is 0 Å². The van der Waals surface area contributed by atoms with Crippen LogP contribution in [0.25, 0.3) is 0 Å². The molecule has 0 aromatic heterocycles. The Morgan fingerprint density at radius 2 is 2.22 bits per heavy atom. The van der Waals surface area contributed by atoms with Crippen molar-refractivity contribution in [2.75, 3.05) is 0 Å². The van der Waals surface area contributed by atoms with E-state index in [1.54, 1.807) is 16.3 Å². The van der Waals surface area contributed by atoms with E-state index in [0.717, 1.165) is 0 Å². The van der Waals surface area contributed by atoms with Crippen LogP contribution in [0.15, 0.2) is 35.1 Å². The Hall–Kier alpha value is -0.693. The van der Waals surface area contributed by atoms with Crippen LogP contribution < -0.4 is 0 Å². The van der Waals surface area contributed by atoms with E-state index in [9.17, 15) is 0 Å². The highest BCUT2D eigenvalue weighted by atomic mass is 28.2. The first kappa shape index (κ1) is 4.17. The molecule has 1 aliphatic carbocycles. The molecular weight excluding hydrogens is 124 g/mol. The van der Waals surface area contributed by atoms with Crippen molar-refractivity contribution >= 4 is 13.6 Å². The van der Waals surface area contributed by atoms with Gasteiger partial charge in [0.1, 0.15) is 0 Å². The topological polar surface area (TPSA) is 0 Å². The molecule has 3 aliphatic rings. The molecule has 0 unspecified atom stereocenters. The minimum atomic E-state index is -0.0895. The number of fused-ring (bicyclic) bond motifs is 1. The zero-order valence-corrected chi connectivity index (χ0v) is 6.02. The summed E-state index contributed by atoms with van der Waals surface area (Å²) in [5.74, 6) is 0. The Morgan fingerprint density at radius 3 is 2.56 bits per heavy atom. The SMILES string of the molecule is C1=CC2=C1C[Si]1=C2C=C1. The van der Waals surface area contributed by atoms with Gasteiger partial charge >= 0.3 is 0 Å². The van der Waals surface area contributed by atoms with Crippen molar-refractivity contribution in [3.8, 4) is 0 Å². The standard InChI is InChI=1S/C8H6Si/c1-2-7-6(1)5-9-4-3-8(7)9/h1-4H,5H2. The molecule has 0 saturated carbocycles. The maximum atomic E-state index is 2.40. The Balaban J connectivity index is 2.17. The fourth-order valence-corrected chi connectivity index (χ4v) is 3.79. The molecule has 0 aromatic rings. The maximum absolute atomic E-state index is 2.40. The summed E-state index contributed by atoms with van der Waals surface area (Å²) in [4.78, 5) is 0. The van der Waals surface area contributed by atoms with Crippen molar-refractivity contribution in [1.29, 1.82) is 0 Å². The lowest BCUT2D eigenvalue weighted by Crippen LogP contribution is -2.15. The molecule has 42 valence electrons. The molecule has 0 nitrogen and oxygen atoms in total. The van der Waals surface area contributed by atoms with E-state index in [0.29, 0.717) is 0 Å². The summed E-state index contributed by atoms with van der Waals surface area (Å²) in [5, 5.41) is 1.69. The lowest BCUT2D eigenvalue weighted by molar-refractivity contribution is 1.42. The van der Waals surface area contributed by atoms with Crippen LogP contribution in [0.1, 0.15) is 0 Å². The Morgan fingerprint density at radius 1 is 1.22 bits per heavy atom. The highest BCUT2D eigenvalue weighted by molar-refractivity contribution is 6.86. The van der Waals surface area contributed by atoms with Gasteiger partial charge in [0.2, 0.25) is 0 Å². The van der Waals surface area contributed by atoms with E-state index in [1.165, 1.54) is 6.04 Å². The number of rotatable bonds is 0. The van der Waals surface area contributed by atoms with Crippen molar-refractivity contribution in [3.63, 3.8) is 0 Å². The second kappa shape index (κ2) is 1.09. The van der Waals surface area contributed by atoms with Gasteiger partial charge in [0.15, 0.2) is 0 Å². The molecule has 1 heteroatoms. The van der Waals surface area contributed by atoms with Gasteiger partial charge in [-0.2, -0.15) is 0 Å². The zero-order valence-electron chi connectivity index (χ0n) is 5.02. The van der Waals surface area contributed by atoms with Crippen molar-refractivity contribution < 1.29 is 0 Å². The van der Waals surface area contributed by atoms with Gasteiger partial charge in [-0.3, -0.25) is 0 Å². The number of allylic oxidation sites excluding steroid dienone is 5. The average Bonchev–Trinajstić information content (AvgIpc) is 1.88. The smallest absolute Gasteiger partial charge is 0.0511 e. The summed E-state index contributed by atoms with van der Waals surface area (Å²) in [6.07, 6.45) is 6.81. The second-order valence-electron chi connectivity index (χ2n) is 2.72. The van der Waals surface area contributed by atoms with Gasteiger partial charge in [-0.05, 0) is 22.4 Å². The van der Waals surface area contributed by atoms with E-state index >= 15 is 0 Å². The molecule has 0 fully saturated rings. The third-order valence-electron chi connectivity index (χ3n) is 2.27. The van der Waals surface area contributed by atoms with Crippen molar-refractivity contribution in [2.24, 2.45) is 0 Å². The Labute approximate surface area is 55.4 Å². The van der Waals surface area contributed by atoms with Gasteiger partial charge in [-0.25, -0.2) is 0 Å². The number of hydrogen-bond donors (Lipinski definition) is 0. The maximum Gasteiger partial charge on any atom is 0.0511 e. The predicted molar refractivity (Wildman–Crippen MR) is 40.9 cm³/mol. The molecule has 0 aromatic carbocycles. The van der Waals surface area contributed by atoms with E-state index in [4.69, 9.17) is 0 Å². The first-order valence-electron chi connectivity index (χ1n) is 3.28. The lowest BCUT2D eigenvalue weighted by atomic mass is 9.97. The molecule has 0 saturated heterocycles. The van der Waals surface area contributed by atoms with E-state index < -0.39 is 0 Å². The minimum Gasteiger partial charge on any atom is -0.0768 e. The summed E-state index contributed by atoms with van der Waals surface area (Å²) in [6, 6.07) is 1.39. The van der Waals surface area contributed by atoms with Gasteiger partial charge in [-0.1, -0.05) is 23.9 Å². The molecule has 0 spiro atoms. The Bertz CT molecular complexity index is 281. The van der Waals surface area contributed by atoms with Crippen LogP contribution in [0.5, 0.6) is 0 Å². The van der Waals surface area contributed by atoms with Crippen molar-refractivity contribution in [3.05, 3.63) is 35.1 Å². The van der Waals surface area contributed by atoms with Gasteiger partial charge in [0.25, 0.3) is 0 Å². The summed E-state index contributed by atoms with van der Waals surface area (Å²) in [5.41, 5.74) is 5.62. The van der Waals surface area contributed by atoms with Crippen LogP contribution in [0.2, 0.25) is 6.04 Å². The monoisotopic (exact) mass is 130 g/mol. The van der Waals surface area contributed by atoms with Crippen LogP contribution in [-0.4, -0.2) is 13.6 Å².